The summed E-state index contributed by atoms with van der Waals surface area (Å²) in [6.45, 7) is 8.96. The lowest BCUT2D eigenvalue weighted by Gasteiger charge is -2.40. The van der Waals surface area contributed by atoms with E-state index >= 15 is 0 Å². The number of imidazole rings is 2. The van der Waals surface area contributed by atoms with Crippen LogP contribution >= 0.6 is 11.3 Å². The van der Waals surface area contributed by atoms with Gasteiger partial charge in [-0.2, -0.15) is 0 Å². The Labute approximate surface area is 529 Å². The van der Waals surface area contributed by atoms with Crippen molar-refractivity contribution >= 4 is 59.0 Å². The van der Waals surface area contributed by atoms with Crippen LogP contribution in [0.15, 0.2) is 97.3 Å². The van der Waals surface area contributed by atoms with E-state index in [2.05, 4.69) is 49.9 Å². The summed E-state index contributed by atoms with van der Waals surface area (Å²) in [5.74, 6) is 0.739. The predicted molar refractivity (Wildman–Crippen MR) is 341 cm³/mol. The molecule has 478 valence electrons. The van der Waals surface area contributed by atoms with Gasteiger partial charge in [-0.1, -0.05) is 99.6 Å². The van der Waals surface area contributed by atoms with Gasteiger partial charge >= 0.3 is 24.2 Å². The van der Waals surface area contributed by atoms with Gasteiger partial charge in [-0.3, -0.25) is 19.3 Å². The second-order valence-corrected chi connectivity index (χ2v) is 25.3. The molecule has 4 atom stereocenters. The fraction of sp³-hybridized carbons (Fsp3) is 0.478. The second kappa shape index (κ2) is 29.8. The number of alkyl carbamates (subject to hydrolysis) is 3. The first-order valence-corrected chi connectivity index (χ1v) is 32.3. The van der Waals surface area contributed by atoms with Crippen LogP contribution in [0.5, 0.6) is 0 Å². The zero-order valence-electron chi connectivity index (χ0n) is 52.2. The Hall–Kier alpha value is -8.57. The van der Waals surface area contributed by atoms with Crippen LogP contribution in [0.3, 0.4) is 0 Å². The zero-order chi connectivity index (χ0) is 63.4. The average Bonchev–Trinajstić information content (AvgIpc) is 1.74. The number of benzene rings is 3. The maximum absolute atomic E-state index is 14.6. The van der Waals surface area contributed by atoms with Gasteiger partial charge in [0.25, 0.3) is 0 Å². The molecule has 3 aromatic carbocycles. The van der Waals surface area contributed by atoms with Gasteiger partial charge in [0.1, 0.15) is 35.2 Å². The van der Waals surface area contributed by atoms with Gasteiger partial charge in [0.15, 0.2) is 0 Å². The Morgan fingerprint density at radius 1 is 0.644 bits per heavy atom. The molecule has 3 aliphatic heterocycles. The smallest absolute Gasteiger partial charge is 0.407 e. The number of rotatable bonds is 21. The molecule has 1 aliphatic carbocycles. The summed E-state index contributed by atoms with van der Waals surface area (Å²) in [5, 5.41) is 8.12. The third kappa shape index (κ3) is 15.2. The maximum Gasteiger partial charge on any atom is 0.407 e. The fourth-order valence-corrected chi connectivity index (χ4v) is 14.0. The highest BCUT2D eigenvalue weighted by molar-refractivity contribution is 7.18. The molecule has 0 unspecified atom stereocenters. The van der Waals surface area contributed by atoms with E-state index < -0.39 is 36.3 Å². The lowest BCUT2D eigenvalue weighted by molar-refractivity contribution is -0.135. The van der Waals surface area contributed by atoms with Gasteiger partial charge < -0.3 is 59.6 Å². The highest BCUT2D eigenvalue weighted by atomic mass is 32.1. The molecule has 3 saturated heterocycles. The minimum Gasteiger partial charge on any atom is -0.465 e. The van der Waals surface area contributed by atoms with Crippen molar-refractivity contribution in [3.8, 4) is 44.1 Å². The molecule has 6 heterocycles. The number of aromatic amines is 2. The zero-order valence-corrected chi connectivity index (χ0v) is 53.0. The molecule has 22 nitrogen and oxygen atoms in total. The Bertz CT molecular complexity index is 3440. The van der Waals surface area contributed by atoms with Crippen molar-refractivity contribution in [3.05, 3.63) is 114 Å². The molecule has 90 heavy (non-hydrogen) atoms. The SMILES string of the molecule is COC(=O)N[C@@H](CCNC(=O)OCCN1CCC(N(C(=O)C2CCC(C)CC2)c2cc(-c3ccccc3)sc2C(=O)OC)CC1)C(=O)N1CCC[C@H]1c1ncc(-c2ccc(-c3ccc(-c4cnc([C@@H]5CCCN5C(=O)[C@@H](NC(=O)OC)C(C)C)[nH]4)cc3)cc2)[nH]1. The number of amides is 6. The number of H-pyrrole nitrogens is 2. The number of hydrogen-bond acceptors (Lipinski definition) is 15. The molecule has 6 aromatic rings. The van der Waals surface area contributed by atoms with Crippen molar-refractivity contribution in [1.29, 1.82) is 0 Å². The third-order valence-corrected chi connectivity index (χ3v) is 19.2. The molecule has 10 rings (SSSR count). The molecule has 0 bridgehead atoms. The number of ether oxygens (including phenoxy) is 4. The lowest BCUT2D eigenvalue weighted by atomic mass is 9.82. The Morgan fingerprint density at radius 3 is 1.76 bits per heavy atom. The summed E-state index contributed by atoms with van der Waals surface area (Å²) >= 11 is 1.35. The average molecular weight is 1250 g/mol. The first-order chi connectivity index (χ1) is 43.6. The molecule has 3 aromatic heterocycles. The lowest BCUT2D eigenvalue weighted by Crippen LogP contribution is -2.51. The first kappa shape index (κ1) is 64.4. The van der Waals surface area contributed by atoms with E-state index in [4.69, 9.17) is 28.9 Å². The first-order valence-electron chi connectivity index (χ1n) is 31.5. The topological polar surface area (TPSA) is 263 Å². The summed E-state index contributed by atoms with van der Waals surface area (Å²) in [7, 11) is 3.88. The van der Waals surface area contributed by atoms with E-state index in [1.807, 2.05) is 91.5 Å². The summed E-state index contributed by atoms with van der Waals surface area (Å²) < 4.78 is 20.6. The molecular formula is C67H83N11O11S. The third-order valence-electron chi connectivity index (χ3n) is 18.1. The molecular weight excluding hydrogens is 1170 g/mol. The number of nitrogens with zero attached hydrogens (tertiary/aromatic N) is 6. The van der Waals surface area contributed by atoms with Crippen LogP contribution < -0.4 is 20.9 Å². The van der Waals surface area contributed by atoms with Gasteiger partial charge in [-0.25, -0.2) is 29.1 Å². The van der Waals surface area contributed by atoms with Gasteiger partial charge in [-0.05, 0) is 116 Å². The van der Waals surface area contributed by atoms with Crippen molar-refractivity contribution in [2.45, 2.75) is 122 Å². The Morgan fingerprint density at radius 2 is 1.20 bits per heavy atom. The monoisotopic (exact) mass is 1250 g/mol. The summed E-state index contributed by atoms with van der Waals surface area (Å²) in [5.41, 5.74) is 7.05. The van der Waals surface area contributed by atoms with Gasteiger partial charge in [-0.15, -0.1) is 11.3 Å². The van der Waals surface area contributed by atoms with E-state index in [0.29, 0.717) is 80.1 Å². The quantitative estimate of drug-likeness (QED) is 0.0332. The molecule has 23 heteroatoms. The summed E-state index contributed by atoms with van der Waals surface area (Å²) in [6.07, 6.45) is 9.45. The molecule has 5 N–H and O–H groups in total. The van der Waals surface area contributed by atoms with Crippen LogP contribution in [-0.4, -0.2) is 162 Å². The molecule has 4 aliphatic rings. The maximum atomic E-state index is 14.6. The van der Waals surface area contributed by atoms with Crippen LogP contribution in [0.4, 0.5) is 20.1 Å². The molecule has 4 fully saturated rings. The molecule has 0 spiro atoms. The number of aromatic nitrogens is 4. The van der Waals surface area contributed by atoms with Crippen molar-refractivity contribution in [3.63, 3.8) is 0 Å². The highest BCUT2D eigenvalue weighted by Gasteiger charge is 2.41. The number of hydrogen-bond donors (Lipinski definition) is 5. The van der Waals surface area contributed by atoms with Gasteiger partial charge in [0.05, 0.1) is 62.9 Å². The van der Waals surface area contributed by atoms with Crippen molar-refractivity contribution in [2.24, 2.45) is 17.8 Å². The summed E-state index contributed by atoms with van der Waals surface area (Å²) in [4.78, 5) is 119. The van der Waals surface area contributed by atoms with E-state index in [1.54, 1.807) is 22.2 Å². The number of methoxy groups -OCH3 is 3. The molecule has 0 radical (unpaired) electrons. The predicted octanol–water partition coefficient (Wildman–Crippen LogP) is 10.5. The number of likely N-dealkylation sites (tertiary alicyclic amines) is 3. The highest BCUT2D eigenvalue weighted by Crippen LogP contribution is 2.42. The van der Waals surface area contributed by atoms with Crippen LogP contribution in [0.2, 0.25) is 0 Å². The molecule has 1 saturated carbocycles. The van der Waals surface area contributed by atoms with Gasteiger partial charge in [0.2, 0.25) is 17.7 Å². The van der Waals surface area contributed by atoms with E-state index in [0.717, 1.165) is 89.0 Å². The van der Waals surface area contributed by atoms with E-state index in [1.165, 1.54) is 32.7 Å². The molecule has 6 amide bonds. The minimum atomic E-state index is -1.01. The normalized spacial score (nSPS) is 19.4. The minimum absolute atomic E-state index is 0.0365. The van der Waals surface area contributed by atoms with Crippen LogP contribution in [0, 0.1) is 17.8 Å². The number of nitrogens with one attached hydrogen (secondary N) is 5. The summed E-state index contributed by atoms with van der Waals surface area (Å²) in [6, 6.07) is 25.6. The van der Waals surface area contributed by atoms with Gasteiger partial charge in [0, 0.05) is 56.1 Å². The Kier molecular flexibility index (Phi) is 21.3. The number of thiophene rings is 1. The van der Waals surface area contributed by atoms with Crippen LogP contribution in [0.25, 0.3) is 44.1 Å². The van der Waals surface area contributed by atoms with Crippen molar-refractivity contribution in [1.82, 2.24) is 50.6 Å². The number of carbonyl (C=O) groups is 7. The number of esters is 1. The number of carbonyl (C=O) groups excluding carboxylic acids is 7. The Balaban J connectivity index is 0.700. The standard InChI is InChI=1S/C67H83N11O11S/c1-41(2)57(74-67(85)88-6)63(81)77-33-11-15-54(77)60-70-40-52(72-60)46-26-22-44(23-27-46)43-20-24-45(25-21-43)51-39-69-59(71-51)53-14-10-32-76(53)62(80)50(73-66(84)87-5)28-31-68-65(83)89-37-36-75-34-29-49(30-35-75)78(61(79)48-18-16-42(3)17-19-48)55-38-56(47-12-8-7-9-13-47)90-58(55)64(82)86-4/h7-9,12-13,20-27,38-42,48-50,53-54,57H,10-11,14-19,28-37H2,1-6H3,(H,68,83)(H,69,71)(H,70,72)(H,73,84)(H,74,85)/t42?,48?,50-,53-,54-,57-/m0/s1. The van der Waals surface area contributed by atoms with Crippen molar-refractivity contribution in [2.75, 3.05) is 72.1 Å². The largest absolute Gasteiger partial charge is 0.465 e. The number of anilines is 1. The van der Waals surface area contributed by atoms with Crippen molar-refractivity contribution < 1.29 is 52.5 Å². The van der Waals surface area contributed by atoms with E-state index in [9.17, 15) is 33.6 Å². The fourth-order valence-electron chi connectivity index (χ4n) is 12.9. The van der Waals surface area contributed by atoms with Crippen LogP contribution in [-0.2, 0) is 33.3 Å². The van der Waals surface area contributed by atoms with E-state index in [-0.39, 0.29) is 67.3 Å². The second-order valence-electron chi connectivity index (χ2n) is 24.2. The number of piperidine rings is 1. The van der Waals surface area contributed by atoms with Crippen LogP contribution in [0.1, 0.15) is 125 Å².